The lowest BCUT2D eigenvalue weighted by Gasteiger charge is -2.26. The Morgan fingerprint density at radius 2 is 1.90 bits per heavy atom. The summed E-state index contributed by atoms with van der Waals surface area (Å²) in [7, 11) is 0. The average Bonchev–Trinajstić information content (AvgIpc) is 2.46. The van der Waals surface area contributed by atoms with Crippen molar-refractivity contribution in [3.05, 3.63) is 23.8 Å². The molecule has 5 nitrogen and oxygen atoms in total. The lowest BCUT2D eigenvalue weighted by atomic mass is 10.1. The fourth-order valence-corrected chi connectivity index (χ4v) is 2.50. The molecule has 0 atom stereocenters. The molecule has 0 radical (unpaired) electrons. The minimum Gasteiger partial charge on any atom is -0.486 e. The molecule has 1 aromatic rings. The Labute approximate surface area is 117 Å². The number of ketones is 1. The van der Waals surface area contributed by atoms with E-state index in [9.17, 15) is 9.59 Å². The van der Waals surface area contributed by atoms with Gasteiger partial charge in [-0.1, -0.05) is 6.07 Å². The first-order valence-electron chi connectivity index (χ1n) is 6.90. The zero-order chi connectivity index (χ0) is 13.9. The van der Waals surface area contributed by atoms with Crippen LogP contribution in [-0.2, 0) is 16.0 Å². The van der Waals surface area contributed by atoms with Gasteiger partial charge >= 0.3 is 0 Å². The number of hydrogen-bond donors (Lipinski definition) is 0. The third-order valence-corrected chi connectivity index (χ3v) is 3.64. The fourth-order valence-electron chi connectivity index (χ4n) is 2.50. The summed E-state index contributed by atoms with van der Waals surface area (Å²) in [5, 5.41) is 0. The number of carbonyl (C=O) groups excluding carboxylic acids is 2. The summed E-state index contributed by atoms with van der Waals surface area (Å²) < 4.78 is 11.0. The van der Waals surface area contributed by atoms with Crippen LogP contribution in [0.4, 0.5) is 0 Å². The summed E-state index contributed by atoms with van der Waals surface area (Å²) in [4.78, 5) is 24.7. The van der Waals surface area contributed by atoms with Crippen molar-refractivity contribution in [3.8, 4) is 11.5 Å². The molecule has 5 heteroatoms. The zero-order valence-electron chi connectivity index (χ0n) is 11.3. The Bertz CT molecular complexity index is 541. The highest BCUT2D eigenvalue weighted by atomic mass is 16.6. The number of rotatable bonds is 3. The number of hydrogen-bond acceptors (Lipinski definition) is 4. The highest BCUT2D eigenvalue weighted by Crippen LogP contribution is 2.30. The standard InChI is InChI=1S/C15H17NO4/c17-12-4-6-16(15(18)10-12)5-3-11-1-2-13-14(9-11)20-8-7-19-13/h1-2,9H,3-8,10H2. The van der Waals surface area contributed by atoms with Gasteiger partial charge in [-0.3, -0.25) is 9.59 Å². The van der Waals surface area contributed by atoms with Crippen LogP contribution in [0.25, 0.3) is 0 Å². The van der Waals surface area contributed by atoms with Gasteiger partial charge in [0.2, 0.25) is 5.91 Å². The number of benzene rings is 1. The molecule has 3 rings (SSSR count). The van der Waals surface area contributed by atoms with Gasteiger partial charge in [-0.2, -0.15) is 0 Å². The van der Waals surface area contributed by atoms with E-state index in [1.54, 1.807) is 4.90 Å². The number of Topliss-reactive ketones (excluding diaryl/α,β-unsaturated/α-hetero) is 1. The molecule has 0 saturated carbocycles. The summed E-state index contributed by atoms with van der Waals surface area (Å²) >= 11 is 0. The molecule has 0 aliphatic carbocycles. The van der Waals surface area contributed by atoms with E-state index >= 15 is 0 Å². The van der Waals surface area contributed by atoms with E-state index in [0.717, 1.165) is 23.5 Å². The van der Waals surface area contributed by atoms with Gasteiger partial charge in [-0.15, -0.1) is 0 Å². The third kappa shape index (κ3) is 2.76. The lowest BCUT2D eigenvalue weighted by Crippen LogP contribution is -2.40. The van der Waals surface area contributed by atoms with Gasteiger partial charge in [0.15, 0.2) is 11.5 Å². The Balaban J connectivity index is 1.61. The highest BCUT2D eigenvalue weighted by Gasteiger charge is 2.23. The second-order valence-corrected chi connectivity index (χ2v) is 5.07. The Morgan fingerprint density at radius 3 is 2.70 bits per heavy atom. The van der Waals surface area contributed by atoms with Gasteiger partial charge in [0.05, 0.1) is 6.42 Å². The molecule has 1 fully saturated rings. The second-order valence-electron chi connectivity index (χ2n) is 5.07. The predicted octanol–water partition coefficient (Wildman–Crippen LogP) is 1.19. The predicted molar refractivity (Wildman–Crippen MR) is 72.0 cm³/mol. The zero-order valence-corrected chi connectivity index (χ0v) is 11.3. The molecule has 2 aliphatic rings. The molecule has 0 aromatic heterocycles. The number of fused-ring (bicyclic) bond motifs is 1. The van der Waals surface area contributed by atoms with Crippen LogP contribution in [0.5, 0.6) is 11.5 Å². The summed E-state index contributed by atoms with van der Waals surface area (Å²) in [5.41, 5.74) is 1.11. The number of ether oxygens (including phenoxy) is 2. The molecule has 0 N–H and O–H groups in total. The normalized spacial score (nSPS) is 18.3. The van der Waals surface area contributed by atoms with Crippen LogP contribution in [0.2, 0.25) is 0 Å². The maximum absolute atomic E-state index is 11.7. The Hall–Kier alpha value is -2.04. The van der Waals surface area contributed by atoms with Crippen molar-refractivity contribution in [2.24, 2.45) is 0 Å². The molecule has 0 spiro atoms. The summed E-state index contributed by atoms with van der Waals surface area (Å²) in [6.45, 7) is 2.35. The monoisotopic (exact) mass is 275 g/mol. The number of amides is 1. The van der Waals surface area contributed by atoms with Gasteiger partial charge in [-0.25, -0.2) is 0 Å². The molecule has 106 valence electrons. The first kappa shape index (κ1) is 13.0. The fraction of sp³-hybridized carbons (Fsp3) is 0.467. The van der Waals surface area contributed by atoms with E-state index in [4.69, 9.17) is 9.47 Å². The molecule has 2 heterocycles. The van der Waals surface area contributed by atoms with Gasteiger partial charge in [0.1, 0.15) is 19.0 Å². The number of carbonyl (C=O) groups is 2. The summed E-state index contributed by atoms with van der Waals surface area (Å²) in [5.74, 6) is 1.54. The summed E-state index contributed by atoms with van der Waals surface area (Å²) in [6, 6.07) is 5.87. The average molecular weight is 275 g/mol. The Kier molecular flexibility index (Phi) is 3.58. The smallest absolute Gasteiger partial charge is 0.230 e. The molecule has 1 amide bonds. The van der Waals surface area contributed by atoms with Gasteiger partial charge < -0.3 is 14.4 Å². The largest absolute Gasteiger partial charge is 0.486 e. The quantitative estimate of drug-likeness (QED) is 0.778. The molecule has 2 aliphatic heterocycles. The van der Waals surface area contributed by atoms with E-state index in [2.05, 4.69) is 0 Å². The number of nitrogens with zero attached hydrogens (tertiary/aromatic N) is 1. The first-order chi connectivity index (χ1) is 9.72. The minimum absolute atomic E-state index is 0.0468. The number of piperidine rings is 1. The lowest BCUT2D eigenvalue weighted by molar-refractivity contribution is -0.139. The topological polar surface area (TPSA) is 55.8 Å². The number of likely N-dealkylation sites (tertiary alicyclic amines) is 1. The van der Waals surface area contributed by atoms with E-state index in [0.29, 0.717) is 32.7 Å². The molecule has 0 bridgehead atoms. The van der Waals surface area contributed by atoms with Crippen molar-refractivity contribution >= 4 is 11.7 Å². The maximum atomic E-state index is 11.7. The molecular formula is C15H17NO4. The van der Waals surface area contributed by atoms with Crippen LogP contribution in [0, 0.1) is 0 Å². The van der Waals surface area contributed by atoms with Gasteiger partial charge in [0, 0.05) is 19.5 Å². The van der Waals surface area contributed by atoms with Crippen LogP contribution in [0.3, 0.4) is 0 Å². The molecule has 1 saturated heterocycles. The molecule has 20 heavy (non-hydrogen) atoms. The SMILES string of the molecule is O=C1CCN(CCc2ccc3c(c2)OCCO3)C(=O)C1. The van der Waals surface area contributed by atoms with Gasteiger partial charge in [-0.05, 0) is 24.1 Å². The first-order valence-corrected chi connectivity index (χ1v) is 6.90. The maximum Gasteiger partial charge on any atom is 0.230 e. The van der Waals surface area contributed by atoms with Crippen molar-refractivity contribution in [2.45, 2.75) is 19.3 Å². The van der Waals surface area contributed by atoms with Crippen LogP contribution < -0.4 is 9.47 Å². The third-order valence-electron chi connectivity index (χ3n) is 3.64. The molecule has 0 unspecified atom stereocenters. The van der Waals surface area contributed by atoms with Crippen LogP contribution in [0.15, 0.2) is 18.2 Å². The van der Waals surface area contributed by atoms with Gasteiger partial charge in [0.25, 0.3) is 0 Å². The second kappa shape index (κ2) is 5.53. The van der Waals surface area contributed by atoms with Crippen molar-refractivity contribution in [1.82, 2.24) is 4.90 Å². The molecule has 1 aromatic carbocycles. The van der Waals surface area contributed by atoms with Crippen LogP contribution in [-0.4, -0.2) is 42.9 Å². The van der Waals surface area contributed by atoms with E-state index < -0.39 is 0 Å². The van der Waals surface area contributed by atoms with Crippen molar-refractivity contribution in [2.75, 3.05) is 26.3 Å². The van der Waals surface area contributed by atoms with E-state index in [-0.39, 0.29) is 18.1 Å². The van der Waals surface area contributed by atoms with E-state index in [1.807, 2.05) is 18.2 Å². The Morgan fingerprint density at radius 1 is 1.10 bits per heavy atom. The minimum atomic E-state index is -0.0567. The van der Waals surface area contributed by atoms with E-state index in [1.165, 1.54) is 0 Å². The van der Waals surface area contributed by atoms with Crippen molar-refractivity contribution in [3.63, 3.8) is 0 Å². The highest BCUT2D eigenvalue weighted by molar-refractivity contribution is 6.00. The summed E-state index contributed by atoms with van der Waals surface area (Å²) in [6.07, 6.45) is 1.30. The van der Waals surface area contributed by atoms with Crippen molar-refractivity contribution < 1.29 is 19.1 Å². The van der Waals surface area contributed by atoms with Crippen molar-refractivity contribution in [1.29, 1.82) is 0 Å². The molecular weight excluding hydrogens is 258 g/mol. The van der Waals surface area contributed by atoms with Crippen LogP contribution >= 0.6 is 0 Å². The van der Waals surface area contributed by atoms with Crippen LogP contribution in [0.1, 0.15) is 18.4 Å².